The van der Waals surface area contributed by atoms with Crippen molar-refractivity contribution in [1.82, 2.24) is 0 Å². The van der Waals surface area contributed by atoms with Crippen molar-refractivity contribution in [3.63, 3.8) is 0 Å². The van der Waals surface area contributed by atoms with E-state index in [1.165, 1.54) is 68.4 Å². The molecule has 156 valence electrons. The topological polar surface area (TPSA) is 55.4 Å². The maximum atomic E-state index is 12.9. The fourth-order valence-corrected chi connectivity index (χ4v) is 6.37. The Bertz CT molecular complexity index is 916. The highest BCUT2D eigenvalue weighted by Gasteiger charge is 2.51. The molecule has 0 heterocycles. The predicted molar refractivity (Wildman–Crippen MR) is 112 cm³/mol. The first-order chi connectivity index (χ1) is 14.5. The molecule has 30 heavy (non-hydrogen) atoms. The fourth-order valence-electron chi connectivity index (χ4n) is 6.37. The summed E-state index contributed by atoms with van der Waals surface area (Å²) < 4.78 is 17.9. The quantitative estimate of drug-likeness (QED) is 0.703. The van der Waals surface area contributed by atoms with Gasteiger partial charge in [0.25, 0.3) is 5.91 Å². The molecule has 0 spiro atoms. The second-order valence-electron chi connectivity index (χ2n) is 9.41. The van der Waals surface area contributed by atoms with Crippen LogP contribution in [0.5, 0.6) is 0 Å². The van der Waals surface area contributed by atoms with Crippen LogP contribution in [0, 0.1) is 23.6 Å². The number of hydrogen-bond acceptors (Lipinski definition) is 3. The van der Waals surface area contributed by atoms with Gasteiger partial charge in [0.2, 0.25) is 0 Å². The lowest BCUT2D eigenvalue weighted by Gasteiger charge is -2.57. The van der Waals surface area contributed by atoms with Gasteiger partial charge in [-0.2, -0.15) is 0 Å². The average Bonchev–Trinajstić information content (AvgIpc) is 2.72. The SMILES string of the molecule is O=C(COC(=O)c1ccc(F)cc1)Nc1ccc(C23CC4CC(CC(C4)C2)C3)cc1. The number of ether oxygens (including phenoxy) is 1. The maximum absolute atomic E-state index is 12.9. The summed E-state index contributed by atoms with van der Waals surface area (Å²) in [5.41, 5.74) is 2.65. The maximum Gasteiger partial charge on any atom is 0.338 e. The van der Waals surface area contributed by atoms with Crippen LogP contribution in [-0.2, 0) is 14.9 Å². The van der Waals surface area contributed by atoms with E-state index in [1.54, 1.807) is 0 Å². The Kier molecular flexibility index (Phi) is 4.84. The van der Waals surface area contributed by atoms with Gasteiger partial charge in [0.15, 0.2) is 6.61 Å². The summed E-state index contributed by atoms with van der Waals surface area (Å²) in [6.07, 6.45) is 8.19. The van der Waals surface area contributed by atoms with Crippen LogP contribution in [-0.4, -0.2) is 18.5 Å². The van der Waals surface area contributed by atoms with E-state index in [2.05, 4.69) is 17.4 Å². The van der Waals surface area contributed by atoms with Gasteiger partial charge < -0.3 is 10.1 Å². The molecule has 4 aliphatic carbocycles. The van der Waals surface area contributed by atoms with Crippen LogP contribution in [0.3, 0.4) is 0 Å². The molecule has 5 heteroatoms. The molecule has 0 radical (unpaired) electrons. The molecule has 6 rings (SSSR count). The van der Waals surface area contributed by atoms with E-state index in [0.717, 1.165) is 17.8 Å². The van der Waals surface area contributed by atoms with E-state index in [4.69, 9.17) is 4.74 Å². The first-order valence-electron chi connectivity index (χ1n) is 10.8. The Morgan fingerprint density at radius 2 is 1.47 bits per heavy atom. The van der Waals surface area contributed by atoms with E-state index in [-0.39, 0.29) is 12.2 Å². The highest BCUT2D eigenvalue weighted by atomic mass is 19.1. The molecule has 4 saturated carbocycles. The van der Waals surface area contributed by atoms with Gasteiger partial charge in [0.05, 0.1) is 5.56 Å². The third kappa shape index (κ3) is 3.73. The van der Waals surface area contributed by atoms with E-state index in [0.29, 0.717) is 11.1 Å². The van der Waals surface area contributed by atoms with Crippen LogP contribution in [0.1, 0.15) is 54.4 Å². The molecule has 1 N–H and O–H groups in total. The molecule has 0 atom stereocenters. The van der Waals surface area contributed by atoms with E-state index < -0.39 is 17.7 Å². The Morgan fingerprint density at radius 3 is 2.03 bits per heavy atom. The number of hydrogen-bond donors (Lipinski definition) is 1. The zero-order chi connectivity index (χ0) is 20.7. The summed E-state index contributed by atoms with van der Waals surface area (Å²) in [6.45, 7) is -0.382. The van der Waals surface area contributed by atoms with Crippen LogP contribution in [0.2, 0.25) is 0 Å². The molecule has 4 aliphatic rings. The highest BCUT2D eigenvalue weighted by molar-refractivity contribution is 5.95. The molecule has 4 nitrogen and oxygen atoms in total. The number of halogens is 1. The molecule has 1 amide bonds. The fraction of sp³-hybridized carbons (Fsp3) is 0.440. The van der Waals surface area contributed by atoms with Gasteiger partial charge in [-0.25, -0.2) is 9.18 Å². The number of carbonyl (C=O) groups excluding carboxylic acids is 2. The van der Waals surface area contributed by atoms with Crippen LogP contribution in [0.4, 0.5) is 10.1 Å². The number of rotatable bonds is 5. The number of anilines is 1. The van der Waals surface area contributed by atoms with Gasteiger partial charge in [-0.15, -0.1) is 0 Å². The van der Waals surface area contributed by atoms with E-state index in [1.807, 2.05) is 12.1 Å². The van der Waals surface area contributed by atoms with Crippen molar-refractivity contribution in [1.29, 1.82) is 0 Å². The molecule has 0 saturated heterocycles. The Balaban J connectivity index is 1.18. The van der Waals surface area contributed by atoms with Gasteiger partial charge in [0, 0.05) is 5.69 Å². The normalized spacial score (nSPS) is 28.9. The zero-order valence-electron chi connectivity index (χ0n) is 16.9. The summed E-state index contributed by atoms with van der Waals surface area (Å²) in [7, 11) is 0. The number of esters is 1. The van der Waals surface area contributed by atoms with Gasteiger partial charge >= 0.3 is 5.97 Å². The van der Waals surface area contributed by atoms with Crippen LogP contribution in [0.25, 0.3) is 0 Å². The van der Waals surface area contributed by atoms with Crippen LogP contribution in [0.15, 0.2) is 48.5 Å². The monoisotopic (exact) mass is 407 g/mol. The molecule has 0 unspecified atom stereocenters. The van der Waals surface area contributed by atoms with E-state index >= 15 is 0 Å². The number of benzene rings is 2. The minimum atomic E-state index is -0.651. The number of amides is 1. The van der Waals surface area contributed by atoms with Gasteiger partial charge in [-0.1, -0.05) is 12.1 Å². The largest absolute Gasteiger partial charge is 0.452 e. The average molecular weight is 407 g/mol. The Hall–Kier alpha value is -2.69. The minimum Gasteiger partial charge on any atom is -0.452 e. The molecule has 0 aromatic heterocycles. The molecule has 4 bridgehead atoms. The van der Waals surface area contributed by atoms with Crippen LogP contribution >= 0.6 is 0 Å². The third-order valence-electron chi connectivity index (χ3n) is 7.23. The molecule has 2 aromatic rings. The molecular formula is C25H26FNO3. The number of nitrogens with one attached hydrogen (secondary N) is 1. The van der Waals surface area contributed by atoms with Crippen molar-refractivity contribution in [2.75, 3.05) is 11.9 Å². The summed E-state index contributed by atoms with van der Waals surface area (Å²) in [4.78, 5) is 24.1. The summed E-state index contributed by atoms with van der Waals surface area (Å²) in [5.74, 6) is 1.21. The van der Waals surface area contributed by atoms with Crippen molar-refractivity contribution >= 4 is 17.6 Å². The highest BCUT2D eigenvalue weighted by Crippen LogP contribution is 2.60. The summed E-state index contributed by atoms with van der Waals surface area (Å²) in [5, 5.41) is 2.78. The standard InChI is InChI=1S/C25H26FNO3/c26-21-5-1-19(2-6-21)24(29)30-15-23(28)27-22-7-3-20(4-8-22)25-12-16-9-17(13-25)11-18(10-16)14-25/h1-8,16-18H,9-15H2,(H,27,28). The van der Waals surface area contributed by atoms with Gasteiger partial charge in [-0.05, 0) is 104 Å². The lowest BCUT2D eigenvalue weighted by Crippen LogP contribution is -2.48. The summed E-state index contributed by atoms with van der Waals surface area (Å²) >= 11 is 0. The minimum absolute atomic E-state index is 0.212. The first kappa shape index (κ1) is 19.3. The van der Waals surface area contributed by atoms with Crippen molar-refractivity contribution in [3.05, 3.63) is 65.5 Å². The van der Waals surface area contributed by atoms with Crippen LogP contribution < -0.4 is 5.32 Å². The second kappa shape index (κ2) is 7.53. The van der Waals surface area contributed by atoms with Gasteiger partial charge in [-0.3, -0.25) is 4.79 Å². The summed E-state index contributed by atoms with van der Waals surface area (Å²) in [6, 6.07) is 13.3. The lowest BCUT2D eigenvalue weighted by molar-refractivity contribution is -0.119. The van der Waals surface area contributed by atoms with E-state index in [9.17, 15) is 14.0 Å². The third-order valence-corrected chi connectivity index (χ3v) is 7.23. The molecular weight excluding hydrogens is 381 g/mol. The Morgan fingerprint density at radius 1 is 0.900 bits per heavy atom. The van der Waals surface area contributed by atoms with Crippen molar-refractivity contribution < 1.29 is 18.7 Å². The zero-order valence-corrected chi connectivity index (χ0v) is 16.9. The van der Waals surface area contributed by atoms with Crippen molar-refractivity contribution in [3.8, 4) is 0 Å². The first-order valence-corrected chi connectivity index (χ1v) is 10.8. The molecule has 0 aliphatic heterocycles. The van der Waals surface area contributed by atoms with Crippen molar-refractivity contribution in [2.45, 2.75) is 43.9 Å². The van der Waals surface area contributed by atoms with Crippen molar-refractivity contribution in [2.24, 2.45) is 17.8 Å². The smallest absolute Gasteiger partial charge is 0.338 e. The number of carbonyl (C=O) groups is 2. The molecule has 2 aromatic carbocycles. The predicted octanol–water partition coefficient (Wildman–Crippen LogP) is 5.09. The van der Waals surface area contributed by atoms with Gasteiger partial charge in [0.1, 0.15) is 5.82 Å². The Labute approximate surface area is 175 Å². The second-order valence-corrected chi connectivity index (χ2v) is 9.41. The lowest BCUT2D eigenvalue weighted by atomic mass is 9.48. The molecule has 4 fully saturated rings.